The van der Waals surface area contributed by atoms with Crippen molar-refractivity contribution in [1.82, 2.24) is 0 Å². The third-order valence-corrected chi connectivity index (χ3v) is 5.83. The lowest BCUT2D eigenvalue weighted by Gasteiger charge is -2.11. The molecule has 0 radical (unpaired) electrons. The zero-order valence-corrected chi connectivity index (χ0v) is 17.2. The highest BCUT2D eigenvalue weighted by atomic mass is 35.5. The molecule has 0 aromatic heterocycles. The third-order valence-electron chi connectivity index (χ3n) is 5.58. The second-order valence-corrected chi connectivity index (χ2v) is 8.01. The summed E-state index contributed by atoms with van der Waals surface area (Å²) in [6, 6.07) is 18.2. The molecule has 0 saturated carbocycles. The van der Waals surface area contributed by atoms with Gasteiger partial charge in [0.2, 0.25) is 0 Å². The monoisotopic (exact) mass is 408 g/mol. The van der Waals surface area contributed by atoms with E-state index in [9.17, 15) is 4.39 Å². The molecule has 4 rings (SSSR count). The van der Waals surface area contributed by atoms with Crippen LogP contribution in [0.5, 0.6) is 0 Å². The molecular formula is C26H23ClF2. The van der Waals surface area contributed by atoms with Crippen molar-refractivity contribution >= 4 is 33.1 Å². The molecule has 0 bridgehead atoms. The predicted molar refractivity (Wildman–Crippen MR) is 120 cm³/mol. The summed E-state index contributed by atoms with van der Waals surface area (Å²) >= 11 is 5.96. The molecular weight excluding hydrogens is 386 g/mol. The van der Waals surface area contributed by atoms with Crippen molar-refractivity contribution in [3.8, 4) is 11.1 Å². The number of rotatable bonds is 6. The summed E-state index contributed by atoms with van der Waals surface area (Å²) in [7, 11) is 0. The highest BCUT2D eigenvalue weighted by Gasteiger charge is 2.14. The third kappa shape index (κ3) is 4.00. The second kappa shape index (κ2) is 8.51. The topological polar surface area (TPSA) is 0 Å². The summed E-state index contributed by atoms with van der Waals surface area (Å²) in [5, 5.41) is 3.00. The average molecular weight is 409 g/mol. The van der Waals surface area contributed by atoms with Gasteiger partial charge in [-0.3, -0.25) is 0 Å². The molecule has 0 saturated heterocycles. The van der Waals surface area contributed by atoms with E-state index in [0.717, 1.165) is 47.6 Å². The minimum atomic E-state index is -0.398. The molecule has 148 valence electrons. The number of fused-ring (bicyclic) bond motifs is 3. The van der Waals surface area contributed by atoms with Crippen molar-refractivity contribution in [3.05, 3.63) is 82.9 Å². The highest BCUT2D eigenvalue weighted by molar-refractivity contribution is 6.30. The minimum absolute atomic E-state index is 0.290. The Labute approximate surface area is 175 Å². The van der Waals surface area contributed by atoms with Gasteiger partial charge in [-0.05, 0) is 64.6 Å². The Morgan fingerprint density at radius 2 is 1.38 bits per heavy atom. The van der Waals surface area contributed by atoms with Crippen LogP contribution >= 0.6 is 11.6 Å². The number of hydrogen-bond acceptors (Lipinski definition) is 0. The van der Waals surface area contributed by atoms with Crippen LogP contribution in [-0.4, -0.2) is 0 Å². The van der Waals surface area contributed by atoms with E-state index >= 15 is 4.39 Å². The zero-order chi connectivity index (χ0) is 20.4. The van der Waals surface area contributed by atoms with Crippen LogP contribution in [0.15, 0.2) is 60.7 Å². The van der Waals surface area contributed by atoms with Crippen LogP contribution in [0.1, 0.15) is 38.2 Å². The van der Waals surface area contributed by atoms with Crippen LogP contribution in [0.3, 0.4) is 0 Å². The van der Waals surface area contributed by atoms with Gasteiger partial charge in [-0.2, -0.15) is 0 Å². The van der Waals surface area contributed by atoms with E-state index in [1.165, 1.54) is 6.07 Å². The first kappa shape index (κ1) is 19.8. The Morgan fingerprint density at radius 3 is 2.14 bits per heavy atom. The van der Waals surface area contributed by atoms with Gasteiger partial charge in [0.15, 0.2) is 0 Å². The SMILES string of the molecule is CCCCCCc1ccc2c(cc(F)c3cc(-c4ccc(Cl)cc4)ccc32)c1F. The molecule has 0 amide bonds. The fraction of sp³-hybridized carbons (Fsp3) is 0.231. The van der Waals surface area contributed by atoms with Crippen molar-refractivity contribution in [3.63, 3.8) is 0 Å². The minimum Gasteiger partial charge on any atom is -0.206 e. The van der Waals surface area contributed by atoms with Gasteiger partial charge in [0, 0.05) is 15.8 Å². The molecule has 4 aromatic rings. The van der Waals surface area contributed by atoms with Gasteiger partial charge in [0.25, 0.3) is 0 Å². The summed E-state index contributed by atoms with van der Waals surface area (Å²) < 4.78 is 30.0. The fourth-order valence-corrected chi connectivity index (χ4v) is 4.08. The van der Waals surface area contributed by atoms with E-state index < -0.39 is 5.82 Å². The van der Waals surface area contributed by atoms with Crippen LogP contribution < -0.4 is 0 Å². The zero-order valence-electron chi connectivity index (χ0n) is 16.4. The van der Waals surface area contributed by atoms with Crippen LogP contribution in [0.2, 0.25) is 5.02 Å². The highest BCUT2D eigenvalue weighted by Crippen LogP contribution is 2.34. The maximum absolute atomic E-state index is 15.1. The van der Waals surface area contributed by atoms with E-state index in [2.05, 4.69) is 6.92 Å². The number of benzene rings is 4. The number of hydrogen-bond donors (Lipinski definition) is 0. The van der Waals surface area contributed by atoms with Crippen molar-refractivity contribution in [2.24, 2.45) is 0 Å². The van der Waals surface area contributed by atoms with E-state index in [1.54, 1.807) is 0 Å². The van der Waals surface area contributed by atoms with E-state index in [4.69, 9.17) is 11.6 Å². The van der Waals surface area contributed by atoms with E-state index in [0.29, 0.717) is 27.8 Å². The average Bonchev–Trinajstić information content (AvgIpc) is 2.73. The summed E-state index contributed by atoms with van der Waals surface area (Å²) in [6.45, 7) is 2.16. The lowest BCUT2D eigenvalue weighted by Crippen LogP contribution is -1.94. The van der Waals surface area contributed by atoms with Crippen LogP contribution in [0.4, 0.5) is 8.78 Å². The van der Waals surface area contributed by atoms with Crippen molar-refractivity contribution in [2.75, 3.05) is 0 Å². The lowest BCUT2D eigenvalue weighted by atomic mass is 9.94. The van der Waals surface area contributed by atoms with E-state index in [1.807, 2.05) is 54.6 Å². The number of halogens is 3. The van der Waals surface area contributed by atoms with Gasteiger partial charge < -0.3 is 0 Å². The van der Waals surface area contributed by atoms with Gasteiger partial charge >= 0.3 is 0 Å². The standard InChI is InChI=1S/C26H23ClF2/c1-2-3-4-5-6-18-9-13-22-21-14-10-19(17-7-11-20(27)12-8-17)15-23(21)25(28)16-24(22)26(18)29/h7-16H,2-6H2,1H3. The predicted octanol–water partition coefficient (Wildman–Crippen LogP) is 8.71. The Morgan fingerprint density at radius 1 is 0.690 bits per heavy atom. The molecule has 3 heteroatoms. The summed E-state index contributed by atoms with van der Waals surface area (Å²) in [6.07, 6.45) is 5.04. The molecule has 0 nitrogen and oxygen atoms in total. The van der Waals surface area contributed by atoms with Gasteiger partial charge in [-0.15, -0.1) is 0 Å². The molecule has 0 spiro atoms. The van der Waals surface area contributed by atoms with Crippen molar-refractivity contribution < 1.29 is 8.78 Å². The molecule has 0 aliphatic carbocycles. The molecule has 0 N–H and O–H groups in total. The van der Waals surface area contributed by atoms with Gasteiger partial charge in [0.1, 0.15) is 11.6 Å². The smallest absolute Gasteiger partial charge is 0.134 e. The Kier molecular flexibility index (Phi) is 5.82. The van der Waals surface area contributed by atoms with E-state index in [-0.39, 0.29) is 5.82 Å². The quantitative estimate of drug-likeness (QED) is 0.221. The normalized spacial score (nSPS) is 11.4. The summed E-state index contributed by atoms with van der Waals surface area (Å²) in [4.78, 5) is 0. The Balaban J connectivity index is 1.77. The molecule has 4 aromatic carbocycles. The molecule has 0 aliphatic heterocycles. The van der Waals surface area contributed by atoms with Gasteiger partial charge in [0.05, 0.1) is 0 Å². The van der Waals surface area contributed by atoms with Crippen LogP contribution in [0.25, 0.3) is 32.7 Å². The van der Waals surface area contributed by atoms with Crippen molar-refractivity contribution in [2.45, 2.75) is 39.0 Å². The fourth-order valence-electron chi connectivity index (χ4n) is 3.95. The number of aryl methyl sites for hydroxylation is 1. The van der Waals surface area contributed by atoms with Crippen LogP contribution in [0, 0.1) is 11.6 Å². The molecule has 0 unspecified atom stereocenters. The molecule has 0 atom stereocenters. The number of unbranched alkanes of at least 4 members (excludes halogenated alkanes) is 3. The first-order chi connectivity index (χ1) is 14.1. The summed E-state index contributed by atoms with van der Waals surface area (Å²) in [5.74, 6) is -0.688. The lowest BCUT2D eigenvalue weighted by molar-refractivity contribution is 0.601. The summed E-state index contributed by atoms with van der Waals surface area (Å²) in [5.41, 5.74) is 2.54. The Hall–Kier alpha value is -2.45. The maximum Gasteiger partial charge on any atom is 0.134 e. The molecule has 0 aliphatic rings. The van der Waals surface area contributed by atoms with Crippen LogP contribution in [-0.2, 0) is 6.42 Å². The Bertz CT molecular complexity index is 1160. The molecule has 0 heterocycles. The first-order valence-corrected chi connectivity index (χ1v) is 10.6. The molecule has 0 fully saturated rings. The largest absolute Gasteiger partial charge is 0.206 e. The van der Waals surface area contributed by atoms with Gasteiger partial charge in [-0.1, -0.05) is 74.2 Å². The van der Waals surface area contributed by atoms with Crippen molar-refractivity contribution in [1.29, 1.82) is 0 Å². The van der Waals surface area contributed by atoms with Gasteiger partial charge in [-0.25, -0.2) is 8.78 Å². The first-order valence-electron chi connectivity index (χ1n) is 10.2. The second-order valence-electron chi connectivity index (χ2n) is 7.57. The molecule has 29 heavy (non-hydrogen) atoms. The maximum atomic E-state index is 15.1.